The number of rotatable bonds is 2. The molecular formula is C10H11N3O2. The zero-order valence-corrected chi connectivity index (χ0v) is 8.08. The summed E-state index contributed by atoms with van der Waals surface area (Å²) in [5, 5.41) is 9.02. The molecular weight excluding hydrogens is 194 g/mol. The van der Waals surface area contributed by atoms with E-state index in [1.54, 1.807) is 6.20 Å². The number of aromatic nitrogens is 2. The van der Waals surface area contributed by atoms with E-state index in [9.17, 15) is 4.79 Å². The Morgan fingerprint density at radius 1 is 1.60 bits per heavy atom. The van der Waals surface area contributed by atoms with Crippen molar-refractivity contribution >= 4 is 11.8 Å². The molecule has 1 N–H and O–H groups in total. The quantitative estimate of drug-likeness (QED) is 0.756. The molecule has 0 radical (unpaired) electrons. The van der Waals surface area contributed by atoms with Crippen molar-refractivity contribution in [1.29, 1.82) is 0 Å². The van der Waals surface area contributed by atoms with Gasteiger partial charge in [0.2, 0.25) is 0 Å². The molecule has 5 nitrogen and oxygen atoms in total. The van der Waals surface area contributed by atoms with Crippen LogP contribution in [0.15, 0.2) is 18.6 Å². The predicted molar refractivity (Wildman–Crippen MR) is 52.4 cm³/mol. The van der Waals surface area contributed by atoms with E-state index < -0.39 is 5.97 Å². The van der Waals surface area contributed by atoms with Gasteiger partial charge in [0.05, 0.1) is 5.92 Å². The van der Waals surface area contributed by atoms with Crippen LogP contribution in [0, 0.1) is 11.8 Å². The van der Waals surface area contributed by atoms with Crippen LogP contribution in [-0.4, -0.2) is 33.6 Å². The largest absolute Gasteiger partial charge is 0.481 e. The van der Waals surface area contributed by atoms with Crippen LogP contribution >= 0.6 is 0 Å². The highest BCUT2D eigenvalue weighted by Crippen LogP contribution is 2.47. The normalized spacial score (nSPS) is 32.5. The molecule has 15 heavy (non-hydrogen) atoms. The Kier molecular flexibility index (Phi) is 1.68. The van der Waals surface area contributed by atoms with Crippen molar-refractivity contribution in [2.45, 2.75) is 12.5 Å². The van der Waals surface area contributed by atoms with Crippen LogP contribution < -0.4 is 4.90 Å². The summed E-state index contributed by atoms with van der Waals surface area (Å²) in [5.74, 6) is 0.288. The smallest absolute Gasteiger partial charge is 0.308 e. The van der Waals surface area contributed by atoms with Crippen LogP contribution in [0.2, 0.25) is 0 Å². The third-order valence-corrected chi connectivity index (χ3v) is 3.44. The number of fused-ring (bicyclic) bond motifs is 1. The van der Waals surface area contributed by atoms with Crippen LogP contribution in [-0.2, 0) is 4.79 Å². The monoisotopic (exact) mass is 205 g/mol. The van der Waals surface area contributed by atoms with E-state index in [1.165, 1.54) is 6.33 Å². The highest BCUT2D eigenvalue weighted by atomic mass is 16.4. The maximum absolute atomic E-state index is 11.0. The topological polar surface area (TPSA) is 66.3 Å². The van der Waals surface area contributed by atoms with Crippen molar-refractivity contribution in [3.8, 4) is 0 Å². The van der Waals surface area contributed by atoms with Crippen LogP contribution in [0.5, 0.6) is 0 Å². The predicted octanol–water partition coefficient (Wildman–Crippen LogP) is 0.386. The van der Waals surface area contributed by atoms with E-state index in [-0.39, 0.29) is 12.0 Å². The molecule has 5 heteroatoms. The van der Waals surface area contributed by atoms with Crippen molar-refractivity contribution in [3.63, 3.8) is 0 Å². The summed E-state index contributed by atoms with van der Waals surface area (Å²) in [4.78, 5) is 21.1. The fraction of sp³-hybridized carbons (Fsp3) is 0.500. The Labute approximate surface area is 86.8 Å². The third-order valence-electron chi connectivity index (χ3n) is 3.44. The van der Waals surface area contributed by atoms with Gasteiger partial charge in [0.1, 0.15) is 12.1 Å². The van der Waals surface area contributed by atoms with Gasteiger partial charge in [0, 0.05) is 18.8 Å². The molecule has 0 spiro atoms. The van der Waals surface area contributed by atoms with E-state index in [0.29, 0.717) is 5.92 Å². The van der Waals surface area contributed by atoms with Crippen LogP contribution in [0.25, 0.3) is 0 Å². The second-order valence-electron chi connectivity index (χ2n) is 4.15. The van der Waals surface area contributed by atoms with Crippen molar-refractivity contribution < 1.29 is 9.90 Å². The van der Waals surface area contributed by atoms with Gasteiger partial charge < -0.3 is 10.0 Å². The van der Waals surface area contributed by atoms with E-state index in [1.807, 2.05) is 6.07 Å². The molecule has 1 aromatic rings. The summed E-state index contributed by atoms with van der Waals surface area (Å²) in [6, 6.07) is 1.97. The maximum Gasteiger partial charge on any atom is 0.308 e. The molecule has 3 aliphatic rings. The lowest BCUT2D eigenvalue weighted by atomic mass is 9.74. The molecule has 3 fully saturated rings. The second-order valence-corrected chi connectivity index (χ2v) is 4.15. The maximum atomic E-state index is 11.0. The standard InChI is InChI=1S/C10H11N3O2/c14-10(15)9-6-3-7(9)13(4-6)8-1-2-11-5-12-8/h1-2,5-7,9H,3-4H2,(H,14,15). The molecule has 1 aliphatic carbocycles. The molecule has 4 rings (SSSR count). The zero-order chi connectivity index (χ0) is 10.4. The SMILES string of the molecule is O=C(O)C1C2CC1N(c1ccncn1)C2. The summed E-state index contributed by atoms with van der Waals surface area (Å²) in [6.07, 6.45) is 4.18. The number of carboxylic acids is 1. The van der Waals surface area contributed by atoms with E-state index >= 15 is 0 Å². The fourth-order valence-corrected chi connectivity index (χ4v) is 2.70. The van der Waals surface area contributed by atoms with Crippen molar-refractivity contribution in [1.82, 2.24) is 9.97 Å². The number of carbonyl (C=O) groups is 1. The van der Waals surface area contributed by atoms with Crippen LogP contribution in [0.1, 0.15) is 6.42 Å². The van der Waals surface area contributed by atoms with Gasteiger partial charge in [-0.05, 0) is 18.4 Å². The lowest BCUT2D eigenvalue weighted by molar-refractivity contribution is -0.146. The first kappa shape index (κ1) is 8.64. The molecule has 2 aliphatic heterocycles. The molecule has 1 saturated carbocycles. The average Bonchev–Trinajstić information content (AvgIpc) is 2.75. The number of anilines is 1. The van der Waals surface area contributed by atoms with Gasteiger partial charge >= 0.3 is 5.97 Å². The highest BCUT2D eigenvalue weighted by Gasteiger charge is 2.55. The Balaban J connectivity index is 1.85. The second kappa shape index (κ2) is 2.92. The summed E-state index contributed by atoms with van der Waals surface area (Å²) in [7, 11) is 0. The average molecular weight is 205 g/mol. The number of nitrogens with zero attached hydrogens (tertiary/aromatic N) is 3. The molecule has 0 amide bonds. The summed E-state index contributed by atoms with van der Waals surface area (Å²) >= 11 is 0. The van der Waals surface area contributed by atoms with Gasteiger partial charge in [-0.15, -0.1) is 0 Å². The lowest BCUT2D eigenvalue weighted by Gasteiger charge is -2.33. The molecule has 3 heterocycles. The molecule has 78 valence electrons. The van der Waals surface area contributed by atoms with Crippen molar-refractivity contribution in [3.05, 3.63) is 18.6 Å². The number of carboxylic acid groups (broad SMARTS) is 1. The van der Waals surface area contributed by atoms with E-state index in [0.717, 1.165) is 18.8 Å². The lowest BCUT2D eigenvalue weighted by Crippen LogP contribution is -2.43. The Bertz CT molecular complexity index is 395. The summed E-state index contributed by atoms with van der Waals surface area (Å²) in [5.41, 5.74) is 0. The van der Waals surface area contributed by atoms with Gasteiger partial charge in [-0.1, -0.05) is 0 Å². The zero-order valence-electron chi connectivity index (χ0n) is 8.08. The summed E-state index contributed by atoms with van der Waals surface area (Å²) < 4.78 is 0. The van der Waals surface area contributed by atoms with Crippen molar-refractivity contribution in [2.24, 2.45) is 11.8 Å². The Hall–Kier alpha value is -1.65. The van der Waals surface area contributed by atoms with Gasteiger partial charge in [-0.3, -0.25) is 4.79 Å². The minimum atomic E-state index is -0.673. The molecule has 3 atom stereocenters. The number of hydrogen-bond donors (Lipinski definition) is 1. The van der Waals surface area contributed by atoms with Crippen LogP contribution in [0.4, 0.5) is 5.82 Å². The third kappa shape index (κ3) is 1.12. The fourth-order valence-electron chi connectivity index (χ4n) is 2.70. The Morgan fingerprint density at radius 2 is 2.47 bits per heavy atom. The summed E-state index contributed by atoms with van der Waals surface area (Å²) in [6.45, 7) is 0.818. The molecule has 3 unspecified atom stereocenters. The first-order valence-corrected chi connectivity index (χ1v) is 5.03. The van der Waals surface area contributed by atoms with Crippen molar-refractivity contribution in [2.75, 3.05) is 11.4 Å². The first-order valence-electron chi connectivity index (χ1n) is 5.03. The van der Waals surface area contributed by atoms with Gasteiger partial charge in [0.15, 0.2) is 0 Å². The molecule has 2 saturated heterocycles. The van der Waals surface area contributed by atoms with Crippen LogP contribution in [0.3, 0.4) is 0 Å². The number of hydrogen-bond acceptors (Lipinski definition) is 4. The van der Waals surface area contributed by atoms with E-state index in [4.69, 9.17) is 5.11 Å². The van der Waals surface area contributed by atoms with Gasteiger partial charge in [0.25, 0.3) is 0 Å². The molecule has 2 bridgehead atoms. The minimum absolute atomic E-state index is 0.141. The highest BCUT2D eigenvalue weighted by molar-refractivity contribution is 5.75. The van der Waals surface area contributed by atoms with Gasteiger partial charge in [-0.2, -0.15) is 0 Å². The van der Waals surface area contributed by atoms with E-state index in [2.05, 4.69) is 14.9 Å². The minimum Gasteiger partial charge on any atom is -0.481 e. The first-order chi connectivity index (χ1) is 7.27. The number of aliphatic carboxylic acids is 1. The molecule has 1 aromatic heterocycles. The van der Waals surface area contributed by atoms with Gasteiger partial charge in [-0.25, -0.2) is 9.97 Å². The Morgan fingerprint density at radius 3 is 3.07 bits per heavy atom. The molecule has 0 aromatic carbocycles.